The molecule has 13 rings (SSSR count). The number of benzene rings is 8. The maximum Gasteiger partial charge on any atom is 0.139 e. The third-order valence-electron chi connectivity index (χ3n) is 13.2. The van der Waals surface area contributed by atoms with Crippen molar-refractivity contribution in [1.82, 2.24) is 14.0 Å². The Morgan fingerprint density at radius 3 is 2.16 bits per heavy atom. The molecule has 0 spiro atoms. The smallest absolute Gasteiger partial charge is 0.139 e. The van der Waals surface area contributed by atoms with Crippen molar-refractivity contribution in [3.05, 3.63) is 211 Å². The highest BCUT2D eigenvalue weighted by atomic mass is 32.1. The molecule has 1 aliphatic carbocycles. The van der Waals surface area contributed by atoms with Gasteiger partial charge in [-0.1, -0.05) is 146 Å². The maximum absolute atomic E-state index is 5.69. The number of hydrogen-bond donors (Lipinski definition) is 0. The van der Waals surface area contributed by atoms with Crippen LogP contribution in [-0.2, 0) is 0 Å². The quantitative estimate of drug-likeness (QED) is 0.174. The van der Waals surface area contributed by atoms with E-state index in [1.807, 2.05) is 11.3 Å². The van der Waals surface area contributed by atoms with Gasteiger partial charge in [0, 0.05) is 55.5 Å². The second kappa shape index (κ2) is 13.8. The maximum atomic E-state index is 5.69. The Kier molecular flexibility index (Phi) is 7.85. The molecule has 0 amide bonds. The van der Waals surface area contributed by atoms with Crippen LogP contribution in [0.5, 0.6) is 0 Å². The molecule has 5 heteroatoms. The van der Waals surface area contributed by atoms with Crippen LogP contribution in [-0.4, -0.2) is 26.9 Å². The first-order valence-corrected chi connectivity index (χ1v) is 22.3. The van der Waals surface area contributed by atoms with E-state index in [1.54, 1.807) is 0 Å². The highest BCUT2D eigenvalue weighted by Gasteiger charge is 2.35. The molecule has 1 unspecified atom stereocenters. The van der Waals surface area contributed by atoms with Gasteiger partial charge in [-0.25, -0.2) is 4.99 Å². The summed E-state index contributed by atoms with van der Waals surface area (Å²) in [5.74, 6) is 0.952. The number of amidine groups is 1. The molecule has 11 aromatic rings. The van der Waals surface area contributed by atoms with Crippen LogP contribution in [0.25, 0.3) is 86.5 Å². The van der Waals surface area contributed by atoms with Crippen LogP contribution in [0.3, 0.4) is 0 Å². The van der Waals surface area contributed by atoms with Crippen LogP contribution in [0.15, 0.2) is 199 Å². The van der Waals surface area contributed by atoms with E-state index in [0.717, 1.165) is 34.9 Å². The van der Waals surface area contributed by atoms with Gasteiger partial charge < -0.3 is 14.0 Å². The Bertz CT molecular complexity index is 3780. The summed E-state index contributed by atoms with van der Waals surface area (Å²) < 4.78 is 6.26. The first-order chi connectivity index (χ1) is 30.7. The van der Waals surface area contributed by atoms with E-state index in [9.17, 15) is 0 Å². The minimum atomic E-state index is -0.196. The van der Waals surface area contributed by atoms with Crippen molar-refractivity contribution in [2.24, 2.45) is 4.99 Å². The molecule has 0 saturated carbocycles. The van der Waals surface area contributed by atoms with E-state index >= 15 is 0 Å². The number of fused-ring (bicyclic) bond motifs is 12. The summed E-state index contributed by atoms with van der Waals surface area (Å²) in [4.78, 5) is 8.12. The van der Waals surface area contributed by atoms with E-state index < -0.39 is 0 Å². The summed E-state index contributed by atoms with van der Waals surface area (Å²) in [6.07, 6.45) is 13.2. The fourth-order valence-electron chi connectivity index (χ4n) is 10.3. The van der Waals surface area contributed by atoms with Gasteiger partial charge in [0.05, 0.1) is 22.1 Å². The summed E-state index contributed by atoms with van der Waals surface area (Å²) in [5, 5.41) is 12.3. The minimum absolute atomic E-state index is 0.196. The molecule has 1 aliphatic heterocycles. The van der Waals surface area contributed by atoms with Crippen molar-refractivity contribution >= 4 is 103 Å². The Balaban J connectivity index is 1.10. The van der Waals surface area contributed by atoms with Gasteiger partial charge in [-0.05, 0) is 94.1 Å². The van der Waals surface area contributed by atoms with Gasteiger partial charge in [0.25, 0.3) is 0 Å². The predicted molar refractivity (Wildman–Crippen MR) is 265 cm³/mol. The molecule has 0 N–H and O–H groups in total. The fourth-order valence-corrected chi connectivity index (χ4v) is 11.5. The Morgan fingerprint density at radius 2 is 1.27 bits per heavy atom. The average Bonchev–Trinajstić information content (AvgIpc) is 3.95. The van der Waals surface area contributed by atoms with E-state index in [0.29, 0.717) is 0 Å². The minimum Gasteiger partial charge on any atom is -0.334 e. The number of aromatic nitrogens is 2. The Hall–Kier alpha value is -7.47. The highest BCUT2D eigenvalue weighted by Crippen LogP contribution is 2.51. The summed E-state index contributed by atoms with van der Waals surface area (Å²) in [6.45, 7) is 0. The van der Waals surface area contributed by atoms with Crippen LogP contribution < -0.4 is 0 Å². The number of thiophene rings is 1. The number of hydrogen-bond acceptors (Lipinski definition) is 3. The SMILES string of the molecule is CN1C(c2ccc3c4ccccc4n(-c4ccccc4)c3c2)=Nc2sc3cc(C4=C/C=C\CCC=C4)ccc3c2C1n1c2cc3ccccc3cc2c2c3ccccc3ccc21. The number of rotatable bonds is 4. The third kappa shape index (κ3) is 5.28. The predicted octanol–water partition coefficient (Wildman–Crippen LogP) is 15.3. The lowest BCUT2D eigenvalue weighted by molar-refractivity contribution is 0.340. The van der Waals surface area contributed by atoms with E-state index in [4.69, 9.17) is 4.99 Å². The van der Waals surface area contributed by atoms with Gasteiger partial charge in [0.15, 0.2) is 0 Å². The zero-order valence-corrected chi connectivity index (χ0v) is 35.0. The lowest BCUT2D eigenvalue weighted by atomic mass is 9.99. The second-order valence-electron chi connectivity index (χ2n) is 16.7. The fraction of sp³-hybridized carbons (Fsp3) is 0.0702. The number of allylic oxidation sites excluding steroid dienone is 6. The molecule has 62 heavy (non-hydrogen) atoms. The van der Waals surface area contributed by atoms with Gasteiger partial charge in [-0.15, -0.1) is 11.3 Å². The van der Waals surface area contributed by atoms with Crippen LogP contribution in [0, 0.1) is 0 Å². The molecule has 8 aromatic carbocycles. The summed E-state index contributed by atoms with van der Waals surface area (Å²) >= 11 is 1.81. The summed E-state index contributed by atoms with van der Waals surface area (Å²) in [7, 11) is 2.25. The molecule has 2 aliphatic rings. The molecule has 0 saturated heterocycles. The summed E-state index contributed by atoms with van der Waals surface area (Å²) in [6, 6.07) is 60.5. The van der Waals surface area contributed by atoms with E-state index in [2.05, 4.69) is 215 Å². The number of nitrogens with zero attached hydrogens (tertiary/aromatic N) is 4. The average molecular weight is 813 g/mol. The molecule has 4 heterocycles. The molecule has 1 atom stereocenters. The Labute approximate surface area is 362 Å². The number of aliphatic imine (C=N–C) groups is 1. The zero-order chi connectivity index (χ0) is 40.9. The number of para-hydroxylation sites is 2. The normalized spacial score (nSPS) is 16.1. The van der Waals surface area contributed by atoms with Crippen LogP contribution in [0.2, 0.25) is 0 Å². The second-order valence-corrected chi connectivity index (χ2v) is 17.7. The monoisotopic (exact) mass is 812 g/mol. The third-order valence-corrected chi connectivity index (χ3v) is 14.2. The van der Waals surface area contributed by atoms with Gasteiger partial charge in [-0.2, -0.15) is 0 Å². The van der Waals surface area contributed by atoms with Gasteiger partial charge in [0.2, 0.25) is 0 Å². The standard InChI is InChI=1S/C57H40N4S/c1-59-55(41-27-29-45-44-24-14-15-25-48(44)60(50(45)34-41)42-21-8-5-9-22-42)58-56-54(46-30-26-40(35-52(46)62-56)36-16-6-3-2-4-7-17-36)57(59)61-49-31-28-37-18-12-13-23-43(37)53(49)47-32-38-19-10-11-20-39(38)33-51(47)61/h3,5-35,57H,2,4H2,1H3/b6-3-,17-7?,36-16?. The highest BCUT2D eigenvalue weighted by molar-refractivity contribution is 7.23. The lowest BCUT2D eigenvalue weighted by Crippen LogP contribution is -2.37. The van der Waals surface area contributed by atoms with Gasteiger partial charge in [0.1, 0.15) is 17.0 Å². The molecule has 0 bridgehead atoms. The molecule has 0 radical (unpaired) electrons. The van der Waals surface area contributed by atoms with Crippen molar-refractivity contribution in [1.29, 1.82) is 0 Å². The van der Waals surface area contributed by atoms with Crippen molar-refractivity contribution in [3.8, 4) is 5.69 Å². The van der Waals surface area contributed by atoms with Gasteiger partial charge >= 0.3 is 0 Å². The van der Waals surface area contributed by atoms with Crippen LogP contribution in [0.4, 0.5) is 5.00 Å². The molecular weight excluding hydrogens is 773 g/mol. The zero-order valence-electron chi connectivity index (χ0n) is 34.2. The molecule has 4 nitrogen and oxygen atoms in total. The van der Waals surface area contributed by atoms with Crippen LogP contribution in [0.1, 0.15) is 35.7 Å². The van der Waals surface area contributed by atoms with Crippen molar-refractivity contribution in [2.45, 2.75) is 19.0 Å². The first kappa shape index (κ1) is 35.3. The lowest BCUT2D eigenvalue weighted by Gasteiger charge is -2.36. The van der Waals surface area contributed by atoms with E-state index in [-0.39, 0.29) is 6.17 Å². The van der Waals surface area contributed by atoms with Crippen molar-refractivity contribution in [3.63, 3.8) is 0 Å². The Morgan fingerprint density at radius 1 is 0.548 bits per heavy atom. The molecule has 3 aromatic heterocycles. The largest absolute Gasteiger partial charge is 0.334 e. The van der Waals surface area contributed by atoms with Gasteiger partial charge in [-0.3, -0.25) is 0 Å². The van der Waals surface area contributed by atoms with Crippen LogP contribution >= 0.6 is 11.3 Å². The topological polar surface area (TPSA) is 25.5 Å². The van der Waals surface area contributed by atoms with E-state index in [1.165, 1.54) is 91.9 Å². The molecule has 294 valence electrons. The first-order valence-electron chi connectivity index (χ1n) is 21.5. The molecular formula is C57H40N4S. The van der Waals surface area contributed by atoms with Crippen molar-refractivity contribution < 1.29 is 0 Å². The summed E-state index contributed by atoms with van der Waals surface area (Å²) in [5.41, 5.74) is 10.7. The molecule has 0 fully saturated rings. The van der Waals surface area contributed by atoms with Crippen molar-refractivity contribution in [2.75, 3.05) is 7.05 Å².